The lowest BCUT2D eigenvalue weighted by Gasteiger charge is -2.57. The van der Waals surface area contributed by atoms with Crippen LogP contribution in [0.3, 0.4) is 0 Å². The molecule has 0 aliphatic heterocycles. The number of hydrogen-bond acceptors (Lipinski definition) is 4. The SMILES string of the molecule is CO[C@]12CC[C@@H](O)[C@H](C#CC(O)C3CCCCC3)[C@H]1C/C2=C/CCC(=O)O. The minimum Gasteiger partial charge on any atom is -0.481 e. The average Bonchev–Trinajstić information content (AvgIpc) is 2.66. The first kappa shape index (κ1) is 20.4. The van der Waals surface area contributed by atoms with Crippen molar-refractivity contribution in [2.45, 2.75) is 82.0 Å². The molecule has 27 heavy (non-hydrogen) atoms. The summed E-state index contributed by atoms with van der Waals surface area (Å²) in [5.41, 5.74) is 0.718. The van der Waals surface area contributed by atoms with Crippen LogP contribution in [0.4, 0.5) is 0 Å². The molecule has 0 heterocycles. The van der Waals surface area contributed by atoms with Crippen LogP contribution >= 0.6 is 0 Å². The topological polar surface area (TPSA) is 87.0 Å². The van der Waals surface area contributed by atoms with E-state index in [1.165, 1.54) is 6.42 Å². The quantitative estimate of drug-likeness (QED) is 0.507. The summed E-state index contributed by atoms with van der Waals surface area (Å²) in [7, 11) is 1.69. The summed E-state index contributed by atoms with van der Waals surface area (Å²) in [5.74, 6) is 5.61. The number of carbonyl (C=O) groups is 1. The van der Waals surface area contributed by atoms with E-state index in [4.69, 9.17) is 9.84 Å². The van der Waals surface area contributed by atoms with Gasteiger partial charge in [0, 0.05) is 19.4 Å². The number of rotatable bonds is 5. The van der Waals surface area contributed by atoms with Gasteiger partial charge in [-0.05, 0) is 50.0 Å². The summed E-state index contributed by atoms with van der Waals surface area (Å²) < 4.78 is 5.89. The summed E-state index contributed by atoms with van der Waals surface area (Å²) in [6.45, 7) is 0. The van der Waals surface area contributed by atoms with Gasteiger partial charge in [-0.15, -0.1) is 0 Å². The van der Waals surface area contributed by atoms with Crippen LogP contribution < -0.4 is 0 Å². The molecule has 0 aromatic rings. The number of carboxylic acid groups (broad SMARTS) is 1. The third-order valence-corrected chi connectivity index (χ3v) is 6.85. The van der Waals surface area contributed by atoms with Gasteiger partial charge in [0.1, 0.15) is 6.10 Å². The van der Waals surface area contributed by atoms with E-state index in [0.29, 0.717) is 12.8 Å². The minimum atomic E-state index is -0.797. The fourth-order valence-electron chi connectivity index (χ4n) is 5.21. The van der Waals surface area contributed by atoms with E-state index in [-0.39, 0.29) is 24.2 Å². The fourth-order valence-corrected chi connectivity index (χ4v) is 5.21. The first-order chi connectivity index (χ1) is 13.0. The number of methoxy groups -OCH3 is 1. The summed E-state index contributed by atoms with van der Waals surface area (Å²) in [6, 6.07) is 0. The summed E-state index contributed by atoms with van der Waals surface area (Å²) in [5, 5.41) is 29.8. The molecule has 0 radical (unpaired) electrons. The predicted octanol–water partition coefficient (Wildman–Crippen LogP) is 2.90. The zero-order valence-corrected chi connectivity index (χ0v) is 16.2. The van der Waals surface area contributed by atoms with E-state index in [1.54, 1.807) is 7.11 Å². The number of ether oxygens (including phenoxy) is 1. The number of carboxylic acids is 1. The van der Waals surface area contributed by atoms with E-state index in [2.05, 4.69) is 11.8 Å². The molecule has 0 aromatic heterocycles. The Morgan fingerprint density at radius 1 is 1.33 bits per heavy atom. The number of aliphatic hydroxyl groups excluding tert-OH is 2. The van der Waals surface area contributed by atoms with Gasteiger partial charge in [0.15, 0.2) is 0 Å². The number of fused-ring (bicyclic) bond motifs is 1. The molecular formula is C22H32O5. The highest BCUT2D eigenvalue weighted by Crippen LogP contribution is 2.56. The molecule has 3 N–H and O–H groups in total. The molecule has 0 bridgehead atoms. The molecule has 0 saturated heterocycles. The van der Waals surface area contributed by atoms with Crippen LogP contribution in [-0.4, -0.2) is 46.2 Å². The fraction of sp³-hybridized carbons (Fsp3) is 0.773. The van der Waals surface area contributed by atoms with Crippen LogP contribution in [0.2, 0.25) is 0 Å². The molecule has 1 unspecified atom stereocenters. The Bertz CT molecular complexity index is 624. The Hall–Kier alpha value is -1.35. The second-order valence-electron chi connectivity index (χ2n) is 8.33. The zero-order valence-electron chi connectivity index (χ0n) is 16.2. The molecule has 3 aliphatic rings. The van der Waals surface area contributed by atoms with Gasteiger partial charge in [0.25, 0.3) is 0 Å². The summed E-state index contributed by atoms with van der Waals surface area (Å²) in [6.07, 6.45) is 9.27. The van der Waals surface area contributed by atoms with Crippen molar-refractivity contribution in [1.82, 2.24) is 0 Å². The van der Waals surface area contributed by atoms with Crippen LogP contribution in [0, 0.1) is 29.6 Å². The van der Waals surface area contributed by atoms with Crippen molar-refractivity contribution in [3.63, 3.8) is 0 Å². The van der Waals surface area contributed by atoms with Crippen molar-refractivity contribution < 1.29 is 24.9 Å². The monoisotopic (exact) mass is 376 g/mol. The Kier molecular flexibility index (Phi) is 6.62. The Morgan fingerprint density at radius 2 is 2.07 bits per heavy atom. The van der Waals surface area contributed by atoms with E-state index >= 15 is 0 Å². The molecule has 5 nitrogen and oxygen atoms in total. The summed E-state index contributed by atoms with van der Waals surface area (Å²) in [4.78, 5) is 10.8. The number of aliphatic carboxylic acids is 1. The van der Waals surface area contributed by atoms with Gasteiger partial charge in [0.05, 0.1) is 17.6 Å². The molecule has 0 spiro atoms. The third kappa shape index (κ3) is 4.23. The van der Waals surface area contributed by atoms with E-state index in [0.717, 1.165) is 44.1 Å². The van der Waals surface area contributed by atoms with Gasteiger partial charge in [-0.1, -0.05) is 37.2 Å². The maximum absolute atomic E-state index is 10.8. The van der Waals surface area contributed by atoms with Gasteiger partial charge in [0.2, 0.25) is 0 Å². The zero-order chi connectivity index (χ0) is 19.4. The molecule has 3 fully saturated rings. The Balaban J connectivity index is 1.70. The van der Waals surface area contributed by atoms with Gasteiger partial charge in [-0.25, -0.2) is 0 Å². The molecule has 5 heteroatoms. The van der Waals surface area contributed by atoms with Crippen molar-refractivity contribution in [3.05, 3.63) is 11.6 Å². The molecule has 5 atom stereocenters. The molecule has 3 aliphatic carbocycles. The third-order valence-electron chi connectivity index (χ3n) is 6.85. The maximum atomic E-state index is 10.8. The Labute approximate surface area is 161 Å². The van der Waals surface area contributed by atoms with Gasteiger partial charge < -0.3 is 20.1 Å². The maximum Gasteiger partial charge on any atom is 0.303 e. The van der Waals surface area contributed by atoms with Crippen LogP contribution in [0.1, 0.15) is 64.2 Å². The second kappa shape index (κ2) is 8.77. The van der Waals surface area contributed by atoms with Crippen molar-refractivity contribution >= 4 is 5.97 Å². The molecule has 0 amide bonds. The van der Waals surface area contributed by atoms with Gasteiger partial charge in [-0.2, -0.15) is 0 Å². The lowest BCUT2D eigenvalue weighted by atomic mass is 9.53. The van der Waals surface area contributed by atoms with E-state index < -0.39 is 23.8 Å². The lowest BCUT2D eigenvalue weighted by molar-refractivity contribution is -0.139. The Morgan fingerprint density at radius 3 is 2.74 bits per heavy atom. The largest absolute Gasteiger partial charge is 0.481 e. The molecule has 3 saturated carbocycles. The van der Waals surface area contributed by atoms with E-state index in [9.17, 15) is 15.0 Å². The number of hydrogen-bond donors (Lipinski definition) is 3. The van der Waals surface area contributed by atoms with Crippen LogP contribution in [0.15, 0.2) is 11.6 Å². The molecular weight excluding hydrogens is 344 g/mol. The minimum absolute atomic E-state index is 0.105. The molecule has 3 rings (SSSR count). The second-order valence-corrected chi connectivity index (χ2v) is 8.33. The van der Waals surface area contributed by atoms with Crippen LogP contribution in [0.5, 0.6) is 0 Å². The highest BCUT2D eigenvalue weighted by molar-refractivity contribution is 5.66. The standard InChI is InChI=1S/C22H32O5/c1-27-22-13-12-20(24)17(10-11-19(23)15-6-3-2-4-7-15)18(22)14-16(22)8-5-9-21(25)26/h8,15,17-20,23-24H,2-7,9,12-14H2,1H3,(H,25,26)/b16-8-/t17-,18-,19?,20-,22+/m1/s1. The lowest BCUT2D eigenvalue weighted by Crippen LogP contribution is -2.59. The van der Waals surface area contributed by atoms with Gasteiger partial charge in [-0.3, -0.25) is 4.79 Å². The van der Waals surface area contributed by atoms with Gasteiger partial charge >= 0.3 is 5.97 Å². The number of allylic oxidation sites excluding steroid dienone is 1. The van der Waals surface area contributed by atoms with Crippen molar-refractivity contribution in [3.8, 4) is 11.8 Å². The van der Waals surface area contributed by atoms with Crippen molar-refractivity contribution in [2.75, 3.05) is 7.11 Å². The van der Waals surface area contributed by atoms with Crippen molar-refractivity contribution in [2.24, 2.45) is 17.8 Å². The first-order valence-electron chi connectivity index (χ1n) is 10.3. The number of aliphatic hydroxyl groups is 2. The molecule has 150 valence electrons. The smallest absolute Gasteiger partial charge is 0.303 e. The molecule has 0 aromatic carbocycles. The average molecular weight is 376 g/mol. The normalized spacial score (nSPS) is 36.3. The highest BCUT2D eigenvalue weighted by Gasteiger charge is 2.58. The van der Waals surface area contributed by atoms with Crippen LogP contribution in [0.25, 0.3) is 0 Å². The predicted molar refractivity (Wildman–Crippen MR) is 102 cm³/mol. The summed E-state index contributed by atoms with van der Waals surface area (Å²) >= 11 is 0. The van der Waals surface area contributed by atoms with Crippen LogP contribution in [-0.2, 0) is 9.53 Å². The first-order valence-corrected chi connectivity index (χ1v) is 10.3. The highest BCUT2D eigenvalue weighted by atomic mass is 16.5. The van der Waals surface area contributed by atoms with E-state index in [1.807, 2.05) is 6.08 Å². The van der Waals surface area contributed by atoms with Crippen molar-refractivity contribution in [1.29, 1.82) is 0 Å².